The van der Waals surface area contributed by atoms with Gasteiger partial charge < -0.3 is 9.47 Å². The van der Waals surface area contributed by atoms with Crippen molar-refractivity contribution in [3.05, 3.63) is 111 Å². The number of carbonyl (C=O) groups excluding carboxylic acids is 1. The van der Waals surface area contributed by atoms with Crippen LogP contribution in [0.25, 0.3) is 10.9 Å². The average Bonchev–Trinajstić information content (AvgIpc) is 2.83. The van der Waals surface area contributed by atoms with Crippen molar-refractivity contribution >= 4 is 22.5 Å². The largest absolute Gasteiger partial charge is 0.311 e. The number of amides is 1. The molecule has 1 heterocycles. The van der Waals surface area contributed by atoms with E-state index >= 15 is 0 Å². The summed E-state index contributed by atoms with van der Waals surface area (Å²) in [5.74, 6) is -0.296. The molecule has 3 aromatic carbocycles. The first-order valence-electron chi connectivity index (χ1n) is 11.4. The lowest BCUT2D eigenvalue weighted by molar-refractivity contribution is 0.0991. The third-order valence-corrected chi connectivity index (χ3v) is 6.37. The Labute approximate surface area is 195 Å². The molecule has 0 N–H and O–H groups in total. The molecule has 0 spiro atoms. The third-order valence-electron chi connectivity index (χ3n) is 6.37. The van der Waals surface area contributed by atoms with Crippen molar-refractivity contribution in [1.29, 1.82) is 0 Å². The summed E-state index contributed by atoms with van der Waals surface area (Å²) in [7, 11) is 1.72. The van der Waals surface area contributed by atoms with Gasteiger partial charge in [-0.3, -0.25) is 9.59 Å². The van der Waals surface area contributed by atoms with Gasteiger partial charge in [0.1, 0.15) is 5.56 Å². The molecule has 33 heavy (non-hydrogen) atoms. The Kier molecular flexibility index (Phi) is 6.45. The lowest BCUT2D eigenvalue weighted by Crippen LogP contribution is -2.35. The molecule has 0 fully saturated rings. The van der Waals surface area contributed by atoms with E-state index in [9.17, 15) is 9.59 Å². The first-order chi connectivity index (χ1) is 15.9. The molecule has 4 heteroatoms. The summed E-state index contributed by atoms with van der Waals surface area (Å²) in [5, 5.41) is 0.885. The first kappa shape index (κ1) is 22.5. The zero-order chi connectivity index (χ0) is 23.5. The van der Waals surface area contributed by atoms with E-state index in [0.717, 1.165) is 29.4 Å². The van der Waals surface area contributed by atoms with E-state index in [-0.39, 0.29) is 17.0 Å². The molecule has 0 radical (unpaired) electrons. The van der Waals surface area contributed by atoms with Gasteiger partial charge in [0.15, 0.2) is 0 Å². The highest BCUT2D eigenvalue weighted by molar-refractivity contribution is 6.07. The minimum atomic E-state index is -0.296. The minimum absolute atomic E-state index is 0.191. The molecule has 1 aromatic heterocycles. The fraction of sp³-hybridized carbons (Fsp3) is 0.241. The molecule has 0 saturated carbocycles. The van der Waals surface area contributed by atoms with Gasteiger partial charge in [-0.2, -0.15) is 0 Å². The predicted molar refractivity (Wildman–Crippen MR) is 136 cm³/mol. The van der Waals surface area contributed by atoms with Gasteiger partial charge in [0.05, 0.1) is 5.52 Å². The molecular weight excluding hydrogens is 408 g/mol. The fourth-order valence-corrected chi connectivity index (χ4v) is 4.31. The van der Waals surface area contributed by atoms with Crippen molar-refractivity contribution in [2.75, 3.05) is 11.9 Å². The third kappa shape index (κ3) is 4.61. The van der Waals surface area contributed by atoms with E-state index in [2.05, 4.69) is 39.0 Å². The van der Waals surface area contributed by atoms with Gasteiger partial charge >= 0.3 is 0 Å². The number of benzene rings is 3. The Hall–Kier alpha value is -3.66. The van der Waals surface area contributed by atoms with Crippen LogP contribution < -0.4 is 10.5 Å². The SMILES string of the molecule is CCc1ccc(N(C)C(=O)c2cc3ccccc3n(CCc3ccc(C)cc3C)c2=O)cc1. The van der Waals surface area contributed by atoms with Crippen molar-refractivity contribution in [2.45, 2.75) is 40.2 Å². The maximum Gasteiger partial charge on any atom is 0.263 e. The summed E-state index contributed by atoms with van der Waals surface area (Å²) in [4.78, 5) is 28.5. The van der Waals surface area contributed by atoms with Crippen LogP contribution in [0, 0.1) is 13.8 Å². The Balaban J connectivity index is 1.72. The smallest absolute Gasteiger partial charge is 0.263 e. The van der Waals surface area contributed by atoms with Crippen molar-refractivity contribution in [3.8, 4) is 0 Å². The molecule has 4 aromatic rings. The molecule has 4 nitrogen and oxygen atoms in total. The highest BCUT2D eigenvalue weighted by atomic mass is 16.2. The van der Waals surface area contributed by atoms with Crippen LogP contribution in [-0.4, -0.2) is 17.5 Å². The lowest BCUT2D eigenvalue weighted by atomic mass is 10.0. The molecule has 0 aliphatic carbocycles. The second kappa shape index (κ2) is 9.45. The number of rotatable bonds is 6. The Morgan fingerprint density at radius 2 is 1.67 bits per heavy atom. The van der Waals surface area contributed by atoms with E-state index in [0.29, 0.717) is 6.54 Å². The topological polar surface area (TPSA) is 42.3 Å². The number of fused-ring (bicyclic) bond motifs is 1. The van der Waals surface area contributed by atoms with Gasteiger partial charge in [-0.25, -0.2) is 0 Å². The number of hydrogen-bond donors (Lipinski definition) is 0. The zero-order valence-electron chi connectivity index (χ0n) is 19.8. The quantitative estimate of drug-likeness (QED) is 0.387. The van der Waals surface area contributed by atoms with Crippen LogP contribution in [0.4, 0.5) is 5.69 Å². The average molecular weight is 439 g/mol. The molecule has 0 unspecified atom stereocenters. The number of carbonyl (C=O) groups is 1. The normalized spacial score (nSPS) is 11.0. The van der Waals surface area contributed by atoms with Crippen molar-refractivity contribution in [2.24, 2.45) is 0 Å². The summed E-state index contributed by atoms with van der Waals surface area (Å²) in [6.45, 7) is 6.79. The lowest BCUT2D eigenvalue weighted by Gasteiger charge is -2.19. The fourth-order valence-electron chi connectivity index (χ4n) is 4.31. The maximum absolute atomic E-state index is 13.5. The van der Waals surface area contributed by atoms with Gasteiger partial charge in [-0.1, -0.05) is 61.0 Å². The van der Waals surface area contributed by atoms with Crippen LogP contribution in [0.5, 0.6) is 0 Å². The summed E-state index contributed by atoms with van der Waals surface area (Å²) in [6, 6.07) is 23.8. The van der Waals surface area contributed by atoms with Crippen LogP contribution in [-0.2, 0) is 19.4 Å². The molecule has 0 bridgehead atoms. The van der Waals surface area contributed by atoms with Crippen molar-refractivity contribution < 1.29 is 4.79 Å². The number of hydrogen-bond acceptors (Lipinski definition) is 2. The van der Waals surface area contributed by atoms with E-state index < -0.39 is 0 Å². The molecule has 0 saturated heterocycles. The van der Waals surface area contributed by atoms with Gasteiger partial charge in [0.2, 0.25) is 0 Å². The number of aromatic nitrogens is 1. The van der Waals surface area contributed by atoms with Crippen molar-refractivity contribution in [3.63, 3.8) is 0 Å². The van der Waals surface area contributed by atoms with Gasteiger partial charge in [0.25, 0.3) is 11.5 Å². The number of para-hydroxylation sites is 1. The van der Waals surface area contributed by atoms with Crippen LogP contribution in [0.15, 0.2) is 77.6 Å². The van der Waals surface area contributed by atoms with Crippen LogP contribution in [0.3, 0.4) is 0 Å². The molecule has 0 aliphatic rings. The van der Waals surface area contributed by atoms with E-state index in [4.69, 9.17) is 0 Å². The van der Waals surface area contributed by atoms with Gasteiger partial charge in [-0.15, -0.1) is 0 Å². The van der Waals surface area contributed by atoms with Crippen LogP contribution >= 0.6 is 0 Å². The summed E-state index contributed by atoms with van der Waals surface area (Å²) >= 11 is 0. The van der Waals surface area contributed by atoms with Gasteiger partial charge in [-0.05, 0) is 73.0 Å². The highest BCUT2D eigenvalue weighted by Crippen LogP contribution is 2.20. The minimum Gasteiger partial charge on any atom is -0.311 e. The number of nitrogens with zero attached hydrogens (tertiary/aromatic N) is 2. The van der Waals surface area contributed by atoms with Gasteiger partial charge in [0, 0.05) is 19.3 Å². The Morgan fingerprint density at radius 3 is 2.36 bits per heavy atom. The highest BCUT2D eigenvalue weighted by Gasteiger charge is 2.20. The van der Waals surface area contributed by atoms with E-state index in [1.54, 1.807) is 22.6 Å². The standard InChI is InChI=1S/C29H30N2O2/c1-5-22-11-14-25(15-12-22)30(4)28(32)26-19-24-8-6-7-9-27(24)31(29(26)33)17-16-23-13-10-20(2)18-21(23)3/h6-15,18-19H,5,16-17H2,1-4H3. The van der Waals surface area contributed by atoms with Crippen LogP contribution in [0.2, 0.25) is 0 Å². The molecule has 168 valence electrons. The molecule has 4 rings (SSSR count). The Morgan fingerprint density at radius 1 is 0.939 bits per heavy atom. The number of pyridine rings is 1. The molecule has 0 aliphatic heterocycles. The predicted octanol–water partition coefficient (Wildman–Crippen LogP) is 5.70. The van der Waals surface area contributed by atoms with E-state index in [1.165, 1.54) is 22.3 Å². The molecule has 1 amide bonds. The molecule has 0 atom stereocenters. The Bertz CT molecular complexity index is 1370. The zero-order valence-corrected chi connectivity index (χ0v) is 19.8. The summed E-state index contributed by atoms with van der Waals surface area (Å²) < 4.78 is 1.75. The number of aryl methyl sites for hydroxylation is 5. The van der Waals surface area contributed by atoms with Crippen LogP contribution in [0.1, 0.15) is 39.5 Å². The monoisotopic (exact) mass is 438 g/mol. The first-order valence-corrected chi connectivity index (χ1v) is 11.4. The van der Waals surface area contributed by atoms with Crippen molar-refractivity contribution in [1.82, 2.24) is 4.57 Å². The molecular formula is C29H30N2O2. The van der Waals surface area contributed by atoms with E-state index in [1.807, 2.05) is 48.5 Å². The summed E-state index contributed by atoms with van der Waals surface area (Å²) in [6.07, 6.45) is 1.66. The maximum atomic E-state index is 13.5. The number of anilines is 1. The summed E-state index contributed by atoms with van der Waals surface area (Å²) in [5.41, 5.74) is 6.42. The second-order valence-corrected chi connectivity index (χ2v) is 8.64. The second-order valence-electron chi connectivity index (χ2n) is 8.64.